The van der Waals surface area contributed by atoms with Gasteiger partial charge in [0.05, 0.1) is 0 Å². The topological polar surface area (TPSA) is 12.0 Å². The molecule has 124 valence electrons. The van der Waals surface area contributed by atoms with E-state index >= 15 is 0 Å². The molecule has 0 bridgehead atoms. The highest BCUT2D eigenvalue weighted by Crippen LogP contribution is 2.20. The smallest absolute Gasteiger partial charge is 0.0205 e. The van der Waals surface area contributed by atoms with Crippen LogP contribution in [0.4, 0.5) is 0 Å². The highest BCUT2D eigenvalue weighted by Gasteiger charge is 1.98. The molecule has 1 N–H and O–H groups in total. The lowest BCUT2D eigenvalue weighted by Gasteiger charge is -2.07. The first-order valence-corrected chi connectivity index (χ1v) is 9.16. The zero-order chi connectivity index (χ0) is 16.3. The normalized spacial score (nSPS) is 10.9. The Balaban J connectivity index is 1.68. The summed E-state index contributed by atoms with van der Waals surface area (Å²) in [7, 11) is 0. The van der Waals surface area contributed by atoms with Crippen LogP contribution >= 0.6 is 0 Å². The monoisotopic (exact) mass is 309 g/mol. The Morgan fingerprint density at radius 2 is 1.26 bits per heavy atom. The summed E-state index contributed by atoms with van der Waals surface area (Å²) in [6, 6.07) is 17.7. The molecule has 1 nitrogen and oxygen atoms in total. The van der Waals surface area contributed by atoms with E-state index in [1.54, 1.807) is 0 Å². The maximum absolute atomic E-state index is 3.56. The highest BCUT2D eigenvalue weighted by molar-refractivity contribution is 5.63. The van der Waals surface area contributed by atoms with Gasteiger partial charge in [0.25, 0.3) is 0 Å². The summed E-state index contributed by atoms with van der Waals surface area (Å²) in [6.07, 6.45) is 8.17. The fourth-order valence-electron chi connectivity index (χ4n) is 2.82. The molecule has 0 aromatic heterocycles. The summed E-state index contributed by atoms with van der Waals surface area (Å²) in [5.41, 5.74) is 5.27. The molecule has 0 aliphatic carbocycles. The summed E-state index contributed by atoms with van der Waals surface area (Å²) < 4.78 is 0. The maximum atomic E-state index is 3.56. The van der Waals surface area contributed by atoms with Crippen molar-refractivity contribution < 1.29 is 0 Å². The van der Waals surface area contributed by atoms with Gasteiger partial charge in [0.15, 0.2) is 0 Å². The molecule has 0 atom stereocenters. The van der Waals surface area contributed by atoms with Crippen molar-refractivity contribution in [1.82, 2.24) is 5.32 Å². The molecule has 0 aliphatic heterocycles. The molecule has 0 amide bonds. The summed E-state index contributed by atoms with van der Waals surface area (Å²) in [4.78, 5) is 0. The van der Waals surface area contributed by atoms with E-state index < -0.39 is 0 Å². The molecule has 0 fully saturated rings. The molecule has 0 saturated heterocycles. The fraction of sp³-hybridized carbons (Fsp3) is 0.455. The van der Waals surface area contributed by atoms with Crippen LogP contribution in [0.5, 0.6) is 0 Å². The summed E-state index contributed by atoms with van der Waals surface area (Å²) in [5.74, 6) is 0. The number of benzene rings is 2. The largest absolute Gasteiger partial charge is 0.313 e. The molecule has 1 heteroatoms. The number of hydrogen-bond acceptors (Lipinski definition) is 1. The Labute approximate surface area is 142 Å². The van der Waals surface area contributed by atoms with Crippen molar-refractivity contribution in [3.8, 4) is 11.1 Å². The average molecular weight is 309 g/mol. The lowest BCUT2D eigenvalue weighted by Crippen LogP contribution is -2.14. The molecule has 0 spiro atoms. The van der Waals surface area contributed by atoms with Gasteiger partial charge < -0.3 is 5.32 Å². The van der Waals surface area contributed by atoms with Gasteiger partial charge in [-0.3, -0.25) is 0 Å². The van der Waals surface area contributed by atoms with Crippen LogP contribution in [0.25, 0.3) is 11.1 Å². The molecule has 2 aromatic carbocycles. The van der Waals surface area contributed by atoms with Gasteiger partial charge >= 0.3 is 0 Å². The first kappa shape index (κ1) is 17.7. The van der Waals surface area contributed by atoms with Crippen molar-refractivity contribution >= 4 is 0 Å². The summed E-state index contributed by atoms with van der Waals surface area (Å²) in [6.45, 7) is 6.50. The van der Waals surface area contributed by atoms with E-state index in [1.807, 2.05) is 0 Å². The van der Waals surface area contributed by atoms with Gasteiger partial charge in [0, 0.05) is 6.54 Å². The Bertz CT molecular complexity index is 539. The van der Waals surface area contributed by atoms with Gasteiger partial charge in [-0.1, -0.05) is 93.1 Å². The average Bonchev–Trinajstić information content (AvgIpc) is 2.59. The first-order chi connectivity index (χ1) is 11.3. The van der Waals surface area contributed by atoms with Crippen molar-refractivity contribution in [2.24, 2.45) is 0 Å². The minimum Gasteiger partial charge on any atom is -0.313 e. The van der Waals surface area contributed by atoms with E-state index in [2.05, 4.69) is 67.7 Å². The molecule has 0 unspecified atom stereocenters. The molecule has 2 rings (SSSR count). The molecule has 0 saturated carbocycles. The van der Waals surface area contributed by atoms with Gasteiger partial charge in [-0.25, -0.2) is 0 Å². The quantitative estimate of drug-likeness (QED) is 0.522. The number of hydrogen-bond donors (Lipinski definition) is 1. The lowest BCUT2D eigenvalue weighted by atomic mass is 10.0. The molecular formula is C22H31N. The van der Waals surface area contributed by atoms with E-state index in [0.29, 0.717) is 0 Å². The highest BCUT2D eigenvalue weighted by atomic mass is 14.8. The van der Waals surface area contributed by atoms with Crippen molar-refractivity contribution in [2.75, 3.05) is 6.54 Å². The first-order valence-electron chi connectivity index (χ1n) is 9.16. The van der Waals surface area contributed by atoms with Crippen LogP contribution in [0.2, 0.25) is 0 Å². The van der Waals surface area contributed by atoms with Crippen LogP contribution in [0, 0.1) is 6.92 Å². The van der Waals surface area contributed by atoms with E-state index in [-0.39, 0.29) is 0 Å². The zero-order valence-corrected chi connectivity index (χ0v) is 14.8. The third kappa shape index (κ3) is 6.58. The number of rotatable bonds is 10. The van der Waals surface area contributed by atoms with Crippen LogP contribution in [0.3, 0.4) is 0 Å². The predicted octanol–water partition coefficient (Wildman–Crippen LogP) is 6.11. The van der Waals surface area contributed by atoms with E-state index in [1.165, 1.54) is 60.8 Å². The van der Waals surface area contributed by atoms with Crippen molar-refractivity contribution in [2.45, 2.75) is 58.9 Å². The Morgan fingerprint density at radius 3 is 1.91 bits per heavy atom. The van der Waals surface area contributed by atoms with E-state index in [4.69, 9.17) is 0 Å². The van der Waals surface area contributed by atoms with Crippen LogP contribution in [0.15, 0.2) is 48.5 Å². The fourth-order valence-corrected chi connectivity index (χ4v) is 2.82. The lowest BCUT2D eigenvalue weighted by molar-refractivity contribution is 0.572. The number of aryl methyl sites for hydroxylation is 1. The minimum atomic E-state index is 0.975. The molecule has 2 aromatic rings. The van der Waals surface area contributed by atoms with Gasteiger partial charge in [0.1, 0.15) is 0 Å². The van der Waals surface area contributed by atoms with Gasteiger partial charge in [-0.05, 0) is 36.6 Å². The third-order valence-electron chi connectivity index (χ3n) is 4.38. The molecule has 23 heavy (non-hydrogen) atoms. The predicted molar refractivity (Wildman–Crippen MR) is 102 cm³/mol. The summed E-state index contributed by atoms with van der Waals surface area (Å²) in [5, 5.41) is 3.56. The molecular weight excluding hydrogens is 278 g/mol. The SMILES string of the molecule is CCCCCCCCNCc1ccc(-c2ccc(C)cc2)cc1. The summed E-state index contributed by atoms with van der Waals surface area (Å²) >= 11 is 0. The van der Waals surface area contributed by atoms with Gasteiger partial charge in [-0.2, -0.15) is 0 Å². The van der Waals surface area contributed by atoms with Crippen LogP contribution in [-0.2, 0) is 6.54 Å². The van der Waals surface area contributed by atoms with Crippen molar-refractivity contribution in [3.63, 3.8) is 0 Å². The van der Waals surface area contributed by atoms with Gasteiger partial charge in [-0.15, -0.1) is 0 Å². The Hall–Kier alpha value is -1.60. The van der Waals surface area contributed by atoms with Crippen LogP contribution in [-0.4, -0.2) is 6.54 Å². The second-order valence-corrected chi connectivity index (χ2v) is 6.51. The van der Waals surface area contributed by atoms with E-state index in [0.717, 1.165) is 13.1 Å². The standard InChI is InChI=1S/C22H31N/c1-3-4-5-6-7-8-17-23-18-20-11-15-22(16-12-20)21-13-9-19(2)10-14-21/h9-16,23H,3-8,17-18H2,1-2H3. The second kappa shape index (κ2) is 10.2. The van der Waals surface area contributed by atoms with Crippen LogP contribution < -0.4 is 5.32 Å². The maximum Gasteiger partial charge on any atom is 0.0205 e. The third-order valence-corrected chi connectivity index (χ3v) is 4.38. The Morgan fingerprint density at radius 1 is 0.696 bits per heavy atom. The van der Waals surface area contributed by atoms with Crippen molar-refractivity contribution in [1.29, 1.82) is 0 Å². The van der Waals surface area contributed by atoms with Crippen molar-refractivity contribution in [3.05, 3.63) is 59.7 Å². The number of unbranched alkanes of at least 4 members (excludes halogenated alkanes) is 5. The molecule has 0 aliphatic rings. The van der Waals surface area contributed by atoms with E-state index in [9.17, 15) is 0 Å². The minimum absolute atomic E-state index is 0.975. The molecule has 0 radical (unpaired) electrons. The number of nitrogens with one attached hydrogen (secondary N) is 1. The zero-order valence-electron chi connectivity index (χ0n) is 14.8. The Kier molecular flexibility index (Phi) is 7.89. The van der Waals surface area contributed by atoms with Crippen LogP contribution in [0.1, 0.15) is 56.6 Å². The second-order valence-electron chi connectivity index (χ2n) is 6.51. The van der Waals surface area contributed by atoms with Gasteiger partial charge in [0.2, 0.25) is 0 Å². The molecule has 0 heterocycles.